The molecule has 0 fully saturated rings. The molecule has 11 aromatic rings. The highest BCUT2D eigenvalue weighted by Gasteiger charge is 2.48. The topological polar surface area (TPSA) is 3.24 Å². The molecule has 76 heavy (non-hydrogen) atoms. The van der Waals surface area contributed by atoms with Gasteiger partial charge < -0.3 is 4.90 Å². The summed E-state index contributed by atoms with van der Waals surface area (Å²) in [5.41, 5.74) is 25.8. The molecule has 0 radical (unpaired) electrons. The molecule has 3 aliphatic rings. The molecule has 0 atom stereocenters. The van der Waals surface area contributed by atoms with Crippen LogP contribution in [0.5, 0.6) is 0 Å². The molecule has 0 aromatic heterocycles. The van der Waals surface area contributed by atoms with Crippen LogP contribution in [0.4, 0.5) is 17.1 Å². The number of rotatable bonds is 11. The Morgan fingerprint density at radius 2 is 0.711 bits per heavy atom. The average Bonchev–Trinajstić information content (AvgIpc) is 4.29. The first kappa shape index (κ1) is 45.6. The maximum atomic E-state index is 2.52. The largest absolute Gasteiger partial charge is 0.310 e. The third-order valence-electron chi connectivity index (χ3n) is 17.5. The Balaban J connectivity index is 0.877. The Morgan fingerprint density at radius 1 is 0.303 bits per heavy atom. The van der Waals surface area contributed by atoms with Crippen LogP contribution in [-0.4, -0.2) is 0 Å². The average molecular weight is 972 g/mol. The summed E-state index contributed by atoms with van der Waals surface area (Å²) in [6, 6.07) is 102. The Labute approximate surface area is 447 Å². The van der Waals surface area contributed by atoms with Crippen molar-refractivity contribution < 1.29 is 0 Å². The van der Waals surface area contributed by atoms with Crippen molar-refractivity contribution in [2.45, 2.75) is 42.9 Å². The van der Waals surface area contributed by atoms with Crippen molar-refractivity contribution >= 4 is 29.2 Å². The summed E-state index contributed by atoms with van der Waals surface area (Å²) in [6.45, 7) is 4.77. The highest BCUT2D eigenvalue weighted by atomic mass is 15.1. The van der Waals surface area contributed by atoms with E-state index in [1.165, 1.54) is 100 Å². The quantitative estimate of drug-likeness (QED) is 0.117. The molecule has 0 saturated heterocycles. The van der Waals surface area contributed by atoms with E-state index in [4.69, 9.17) is 0 Å². The lowest BCUT2D eigenvalue weighted by atomic mass is 9.67. The van der Waals surface area contributed by atoms with E-state index in [1.807, 2.05) is 0 Å². The second-order valence-electron chi connectivity index (χ2n) is 20.9. The maximum absolute atomic E-state index is 2.52. The zero-order valence-electron chi connectivity index (χ0n) is 43.0. The second-order valence-corrected chi connectivity index (χ2v) is 20.9. The van der Waals surface area contributed by atoms with Crippen molar-refractivity contribution in [3.63, 3.8) is 0 Å². The van der Waals surface area contributed by atoms with Gasteiger partial charge in [0.2, 0.25) is 0 Å². The first-order chi connectivity index (χ1) is 37.6. The molecule has 0 saturated carbocycles. The van der Waals surface area contributed by atoms with Gasteiger partial charge in [-0.05, 0) is 149 Å². The molecule has 0 N–H and O–H groups in total. The molecule has 0 aliphatic heterocycles. The predicted molar refractivity (Wildman–Crippen MR) is 318 cm³/mol. The van der Waals surface area contributed by atoms with Crippen LogP contribution < -0.4 is 4.90 Å². The minimum absolute atomic E-state index is 0.167. The standard InChI is InChI=1S/C75H57N/c1-3-73(4-2)69-49-52(41-43-53-25-24-40-68-72(53)65-37-21-23-39-67(65)74(68,54-26-10-5-11-27-54)55-28-12-6-13-29-55)42-46-62(69)63-47-44-59(50-70(63)73)76(58-34-18-9-19-35-58)60-45-48-64-61-36-20-22-38-66(61)75(71(64)51-60,56-30-14-7-15-31-56)57-32-16-8-17-33-57/h5-51H,3-4H2,1-2H3/b43-41+. The molecule has 0 heterocycles. The van der Waals surface area contributed by atoms with Crippen molar-refractivity contribution in [3.8, 4) is 33.4 Å². The van der Waals surface area contributed by atoms with E-state index in [0.29, 0.717) is 0 Å². The molecule has 362 valence electrons. The summed E-state index contributed by atoms with van der Waals surface area (Å²) in [7, 11) is 0. The lowest BCUT2D eigenvalue weighted by Gasteiger charge is -2.35. The van der Waals surface area contributed by atoms with E-state index < -0.39 is 10.8 Å². The van der Waals surface area contributed by atoms with Crippen molar-refractivity contribution in [1.29, 1.82) is 0 Å². The van der Waals surface area contributed by atoms with Gasteiger partial charge in [-0.25, -0.2) is 0 Å². The van der Waals surface area contributed by atoms with Crippen LogP contribution >= 0.6 is 0 Å². The van der Waals surface area contributed by atoms with Crippen molar-refractivity contribution in [2.24, 2.45) is 0 Å². The number of nitrogens with zero attached hydrogens (tertiary/aromatic N) is 1. The van der Waals surface area contributed by atoms with Crippen LogP contribution in [0.15, 0.2) is 273 Å². The summed E-state index contributed by atoms with van der Waals surface area (Å²) in [6.07, 6.45) is 6.69. The highest BCUT2D eigenvalue weighted by Crippen LogP contribution is 2.60. The fourth-order valence-electron chi connectivity index (χ4n) is 14.2. The van der Waals surface area contributed by atoms with Crippen LogP contribution in [-0.2, 0) is 16.2 Å². The number of anilines is 3. The van der Waals surface area contributed by atoms with Crippen LogP contribution in [0.3, 0.4) is 0 Å². The van der Waals surface area contributed by atoms with Gasteiger partial charge in [-0.1, -0.05) is 263 Å². The van der Waals surface area contributed by atoms with Crippen LogP contribution in [0.1, 0.15) is 93.5 Å². The SMILES string of the molecule is CCC1(CC)c2cc(/C=C/c3cccc4c3-c3ccccc3C4(c3ccccc3)c3ccccc3)ccc2-c2ccc(N(c3ccccc3)c3ccc4c(c3)C(c3ccccc3)(c3ccccc3)c3ccccc3-4)cc21. The Morgan fingerprint density at radius 3 is 1.26 bits per heavy atom. The van der Waals surface area contributed by atoms with Crippen LogP contribution in [0.2, 0.25) is 0 Å². The van der Waals surface area contributed by atoms with Gasteiger partial charge >= 0.3 is 0 Å². The third-order valence-corrected chi connectivity index (χ3v) is 17.5. The number of para-hydroxylation sites is 1. The zero-order valence-corrected chi connectivity index (χ0v) is 43.0. The van der Waals surface area contributed by atoms with E-state index in [9.17, 15) is 0 Å². The lowest BCUT2D eigenvalue weighted by Crippen LogP contribution is -2.28. The fourth-order valence-corrected chi connectivity index (χ4v) is 14.2. The van der Waals surface area contributed by atoms with Crippen molar-refractivity contribution in [2.75, 3.05) is 4.90 Å². The molecule has 14 rings (SSSR count). The Bertz CT molecular complexity index is 3920. The molecule has 0 spiro atoms. The van der Waals surface area contributed by atoms with E-state index in [1.54, 1.807) is 0 Å². The lowest BCUT2D eigenvalue weighted by molar-refractivity contribution is 0.490. The van der Waals surface area contributed by atoms with E-state index in [0.717, 1.165) is 29.9 Å². The van der Waals surface area contributed by atoms with Gasteiger partial charge in [0, 0.05) is 22.5 Å². The number of hydrogen-bond donors (Lipinski definition) is 0. The van der Waals surface area contributed by atoms with Crippen LogP contribution in [0.25, 0.3) is 45.5 Å². The van der Waals surface area contributed by atoms with E-state index >= 15 is 0 Å². The first-order valence-corrected chi connectivity index (χ1v) is 27.1. The normalized spacial score (nSPS) is 14.6. The predicted octanol–water partition coefficient (Wildman–Crippen LogP) is 19.1. The van der Waals surface area contributed by atoms with E-state index in [2.05, 4.69) is 304 Å². The molecular weight excluding hydrogens is 915 g/mol. The minimum Gasteiger partial charge on any atom is -0.310 e. The summed E-state index contributed by atoms with van der Waals surface area (Å²) < 4.78 is 0. The molecule has 0 amide bonds. The molecule has 0 unspecified atom stereocenters. The number of hydrogen-bond acceptors (Lipinski definition) is 1. The van der Waals surface area contributed by atoms with Gasteiger partial charge in [-0.3, -0.25) is 0 Å². The molecule has 11 aromatic carbocycles. The number of benzene rings is 11. The maximum Gasteiger partial charge on any atom is 0.0714 e. The highest BCUT2D eigenvalue weighted by molar-refractivity contribution is 5.94. The van der Waals surface area contributed by atoms with Gasteiger partial charge in [0.25, 0.3) is 0 Å². The zero-order chi connectivity index (χ0) is 50.8. The molecule has 3 aliphatic carbocycles. The summed E-state index contributed by atoms with van der Waals surface area (Å²) in [4.78, 5) is 2.48. The molecule has 0 bridgehead atoms. The first-order valence-electron chi connectivity index (χ1n) is 27.1. The van der Waals surface area contributed by atoms with Gasteiger partial charge in [0.15, 0.2) is 0 Å². The molecule has 1 heteroatoms. The third kappa shape index (κ3) is 6.58. The molecular formula is C75H57N. The van der Waals surface area contributed by atoms with Gasteiger partial charge in [0.1, 0.15) is 0 Å². The molecule has 1 nitrogen and oxygen atoms in total. The van der Waals surface area contributed by atoms with Gasteiger partial charge in [0.05, 0.1) is 10.8 Å². The Kier molecular flexibility index (Phi) is 10.9. The minimum atomic E-state index is -0.502. The van der Waals surface area contributed by atoms with Gasteiger partial charge in [-0.2, -0.15) is 0 Å². The van der Waals surface area contributed by atoms with Gasteiger partial charge in [-0.15, -0.1) is 0 Å². The number of fused-ring (bicyclic) bond motifs is 9. The van der Waals surface area contributed by atoms with Crippen molar-refractivity contribution in [1.82, 2.24) is 0 Å². The van der Waals surface area contributed by atoms with Crippen molar-refractivity contribution in [3.05, 3.63) is 340 Å². The summed E-state index contributed by atoms with van der Waals surface area (Å²) >= 11 is 0. The smallest absolute Gasteiger partial charge is 0.0714 e. The second kappa shape index (κ2) is 18.1. The fraction of sp³-hybridized carbons (Fsp3) is 0.0933. The monoisotopic (exact) mass is 971 g/mol. The van der Waals surface area contributed by atoms with Crippen LogP contribution in [0, 0.1) is 0 Å². The van der Waals surface area contributed by atoms with E-state index in [-0.39, 0.29) is 5.41 Å². The Hall–Kier alpha value is -9.04. The summed E-state index contributed by atoms with van der Waals surface area (Å²) in [5.74, 6) is 0. The summed E-state index contributed by atoms with van der Waals surface area (Å²) in [5, 5.41) is 0.